The lowest BCUT2D eigenvalue weighted by molar-refractivity contribution is -0.0128. The first-order valence-corrected chi connectivity index (χ1v) is 6.40. The van der Waals surface area contributed by atoms with Crippen LogP contribution in [0.4, 0.5) is 5.95 Å². The fraction of sp³-hybridized carbons (Fsp3) is 0.600. The zero-order valence-electron chi connectivity index (χ0n) is 9.06. The van der Waals surface area contributed by atoms with Crippen molar-refractivity contribution in [3.05, 3.63) is 16.0 Å². The maximum Gasteiger partial charge on any atom is 0.223 e. The molecule has 0 spiro atoms. The minimum atomic E-state index is 0.124. The zero-order chi connectivity index (χ0) is 11.5. The second kappa shape index (κ2) is 5.24. The van der Waals surface area contributed by atoms with Crippen molar-refractivity contribution < 1.29 is 4.74 Å². The van der Waals surface area contributed by atoms with Gasteiger partial charge < -0.3 is 15.8 Å². The van der Waals surface area contributed by atoms with Crippen molar-refractivity contribution >= 4 is 28.5 Å². The Kier molecular flexibility index (Phi) is 3.93. The first-order chi connectivity index (χ1) is 7.70. The van der Waals surface area contributed by atoms with Crippen LogP contribution >= 0.6 is 22.6 Å². The van der Waals surface area contributed by atoms with E-state index in [-0.39, 0.29) is 18.2 Å². The van der Waals surface area contributed by atoms with E-state index in [1.54, 1.807) is 12.4 Å². The van der Waals surface area contributed by atoms with Gasteiger partial charge in [0.05, 0.1) is 12.1 Å². The Bertz CT molecular complexity index is 343. The van der Waals surface area contributed by atoms with Crippen LogP contribution in [0.5, 0.6) is 0 Å². The molecule has 1 saturated carbocycles. The Morgan fingerprint density at radius 1 is 1.56 bits per heavy atom. The molecule has 1 aliphatic carbocycles. The van der Waals surface area contributed by atoms with Crippen molar-refractivity contribution in [3.63, 3.8) is 0 Å². The van der Waals surface area contributed by atoms with Crippen LogP contribution in [0.25, 0.3) is 0 Å². The van der Waals surface area contributed by atoms with Gasteiger partial charge in [0.1, 0.15) is 0 Å². The third-order valence-corrected chi connectivity index (χ3v) is 3.22. The first kappa shape index (κ1) is 12.0. The quantitative estimate of drug-likeness (QED) is 0.804. The van der Waals surface area contributed by atoms with E-state index in [1.165, 1.54) is 0 Å². The summed E-state index contributed by atoms with van der Waals surface area (Å²) in [5.74, 6) is 0.616. The number of aromatic nitrogens is 2. The third kappa shape index (κ3) is 2.61. The third-order valence-electron chi connectivity index (χ3n) is 2.66. The molecule has 1 aromatic heterocycles. The Labute approximate surface area is 108 Å². The first-order valence-electron chi connectivity index (χ1n) is 5.32. The maximum absolute atomic E-state index is 5.92. The normalized spacial score (nSPS) is 28.6. The summed E-state index contributed by atoms with van der Waals surface area (Å²) in [5.41, 5.74) is 5.92. The molecule has 0 saturated heterocycles. The molecule has 1 aromatic rings. The highest BCUT2D eigenvalue weighted by Gasteiger charge is 2.39. The molecule has 1 fully saturated rings. The van der Waals surface area contributed by atoms with E-state index >= 15 is 0 Å². The molecule has 5 nitrogen and oxygen atoms in total. The number of rotatable bonds is 4. The van der Waals surface area contributed by atoms with Crippen molar-refractivity contribution in [2.45, 2.75) is 31.5 Å². The molecule has 1 aliphatic rings. The van der Waals surface area contributed by atoms with Crippen LogP contribution in [0, 0.1) is 3.57 Å². The van der Waals surface area contributed by atoms with Gasteiger partial charge in [-0.15, -0.1) is 0 Å². The fourth-order valence-electron chi connectivity index (χ4n) is 1.76. The summed E-state index contributed by atoms with van der Waals surface area (Å²) >= 11 is 2.17. The average Bonchev–Trinajstić information content (AvgIpc) is 2.28. The van der Waals surface area contributed by atoms with Crippen LogP contribution in [0.15, 0.2) is 12.4 Å². The minimum Gasteiger partial charge on any atom is -0.376 e. The van der Waals surface area contributed by atoms with Gasteiger partial charge >= 0.3 is 0 Å². The van der Waals surface area contributed by atoms with Gasteiger partial charge in [0.2, 0.25) is 5.95 Å². The van der Waals surface area contributed by atoms with Gasteiger partial charge in [0.25, 0.3) is 0 Å². The van der Waals surface area contributed by atoms with Gasteiger partial charge in [-0.25, -0.2) is 9.97 Å². The summed E-state index contributed by atoms with van der Waals surface area (Å²) in [6.07, 6.45) is 4.63. The molecule has 2 rings (SSSR count). The highest BCUT2D eigenvalue weighted by Crippen LogP contribution is 2.25. The molecular formula is C10H15IN4O. The van der Waals surface area contributed by atoms with Crippen molar-refractivity contribution in [3.8, 4) is 0 Å². The lowest BCUT2D eigenvalue weighted by Gasteiger charge is -2.42. The van der Waals surface area contributed by atoms with E-state index in [0.717, 1.165) is 9.99 Å². The summed E-state index contributed by atoms with van der Waals surface area (Å²) in [4.78, 5) is 8.38. The van der Waals surface area contributed by atoms with E-state index in [1.807, 2.05) is 6.92 Å². The van der Waals surface area contributed by atoms with E-state index in [9.17, 15) is 0 Å². The van der Waals surface area contributed by atoms with Crippen molar-refractivity contribution in [1.29, 1.82) is 0 Å². The Morgan fingerprint density at radius 2 is 2.25 bits per heavy atom. The van der Waals surface area contributed by atoms with Gasteiger partial charge in [-0.1, -0.05) is 0 Å². The molecule has 3 atom stereocenters. The summed E-state index contributed by atoms with van der Waals surface area (Å²) < 4.78 is 6.57. The molecule has 6 heteroatoms. The number of nitrogens with one attached hydrogen (secondary N) is 1. The maximum atomic E-state index is 5.92. The fourth-order valence-corrected chi connectivity index (χ4v) is 2.04. The number of anilines is 1. The standard InChI is InChI=1S/C10H15IN4O/c1-2-16-8-3-7(12)9(8)15-10-13-4-6(11)5-14-10/h4-5,7-9H,2-3,12H2,1H3,(H,13,14,15). The highest BCUT2D eigenvalue weighted by atomic mass is 127. The van der Waals surface area contributed by atoms with E-state index in [4.69, 9.17) is 10.5 Å². The van der Waals surface area contributed by atoms with Crippen LogP contribution in [0.2, 0.25) is 0 Å². The number of hydrogen-bond acceptors (Lipinski definition) is 5. The highest BCUT2D eigenvalue weighted by molar-refractivity contribution is 14.1. The Hall–Kier alpha value is -0.470. The van der Waals surface area contributed by atoms with Gasteiger partial charge in [-0.3, -0.25) is 0 Å². The minimum absolute atomic E-state index is 0.124. The number of nitrogens with zero attached hydrogens (tertiary/aromatic N) is 2. The lowest BCUT2D eigenvalue weighted by atomic mass is 9.83. The predicted molar refractivity (Wildman–Crippen MR) is 70.2 cm³/mol. The predicted octanol–water partition coefficient (Wildman–Crippen LogP) is 0.998. The molecule has 0 radical (unpaired) electrons. The molecule has 1 heterocycles. The smallest absolute Gasteiger partial charge is 0.223 e. The molecule has 16 heavy (non-hydrogen) atoms. The van der Waals surface area contributed by atoms with Crippen LogP contribution in [-0.2, 0) is 4.74 Å². The number of nitrogens with two attached hydrogens (primary N) is 1. The average molecular weight is 334 g/mol. The monoisotopic (exact) mass is 334 g/mol. The Morgan fingerprint density at radius 3 is 2.81 bits per heavy atom. The SMILES string of the molecule is CCOC1CC(N)C1Nc1ncc(I)cn1. The molecule has 3 unspecified atom stereocenters. The van der Waals surface area contributed by atoms with E-state index < -0.39 is 0 Å². The van der Waals surface area contributed by atoms with Gasteiger partial charge in [-0.2, -0.15) is 0 Å². The number of ether oxygens (including phenoxy) is 1. The van der Waals surface area contributed by atoms with Crippen LogP contribution in [-0.4, -0.2) is 34.8 Å². The Balaban J connectivity index is 1.95. The molecule has 0 aromatic carbocycles. The summed E-state index contributed by atoms with van der Waals surface area (Å²) in [7, 11) is 0. The molecule has 0 amide bonds. The second-order valence-electron chi connectivity index (χ2n) is 3.79. The second-order valence-corrected chi connectivity index (χ2v) is 5.03. The molecule has 0 aliphatic heterocycles. The summed E-state index contributed by atoms with van der Waals surface area (Å²) in [6, 6.07) is 0.249. The number of hydrogen-bond donors (Lipinski definition) is 2. The number of halogens is 1. The topological polar surface area (TPSA) is 73.1 Å². The van der Waals surface area contributed by atoms with Gasteiger partial charge in [0.15, 0.2) is 0 Å². The zero-order valence-corrected chi connectivity index (χ0v) is 11.2. The molecule has 88 valence electrons. The van der Waals surface area contributed by atoms with E-state index in [0.29, 0.717) is 12.6 Å². The van der Waals surface area contributed by atoms with Crippen LogP contribution in [0.3, 0.4) is 0 Å². The van der Waals surface area contributed by atoms with Gasteiger partial charge in [-0.05, 0) is 35.9 Å². The van der Waals surface area contributed by atoms with Gasteiger partial charge in [0, 0.05) is 28.6 Å². The van der Waals surface area contributed by atoms with Crippen molar-refractivity contribution in [2.75, 3.05) is 11.9 Å². The van der Waals surface area contributed by atoms with Crippen molar-refractivity contribution in [1.82, 2.24) is 9.97 Å². The van der Waals surface area contributed by atoms with E-state index in [2.05, 4.69) is 37.9 Å². The summed E-state index contributed by atoms with van der Waals surface area (Å²) in [5, 5.41) is 3.21. The molecule has 3 N–H and O–H groups in total. The van der Waals surface area contributed by atoms with Crippen molar-refractivity contribution in [2.24, 2.45) is 5.73 Å². The van der Waals surface area contributed by atoms with Crippen LogP contribution < -0.4 is 11.1 Å². The van der Waals surface area contributed by atoms with Crippen LogP contribution in [0.1, 0.15) is 13.3 Å². The molecular weight excluding hydrogens is 319 g/mol. The lowest BCUT2D eigenvalue weighted by Crippen LogP contribution is -2.60. The molecule has 0 bridgehead atoms. The summed E-state index contributed by atoms with van der Waals surface area (Å²) in [6.45, 7) is 2.70. The largest absolute Gasteiger partial charge is 0.376 e.